The molecule has 0 saturated heterocycles. The molecule has 0 spiro atoms. The molecule has 0 amide bonds. The van der Waals surface area contributed by atoms with Crippen molar-refractivity contribution in [2.24, 2.45) is 5.41 Å². The lowest BCUT2D eigenvalue weighted by atomic mass is 9.75. The first-order valence-electron chi connectivity index (χ1n) is 11.7. The maximum atomic E-state index is 2.61. The monoisotopic (exact) mass is 338 g/mol. The molecule has 24 heavy (non-hydrogen) atoms. The molecule has 0 heteroatoms. The van der Waals surface area contributed by atoms with Gasteiger partial charge in [0, 0.05) is 0 Å². The number of hydrogen-bond acceptors (Lipinski definition) is 0. The third kappa shape index (κ3) is 15.5. The van der Waals surface area contributed by atoms with E-state index >= 15 is 0 Å². The van der Waals surface area contributed by atoms with Gasteiger partial charge in [-0.25, -0.2) is 0 Å². The molecule has 0 bridgehead atoms. The molecule has 0 saturated carbocycles. The molecule has 0 unspecified atom stereocenters. The second-order valence-electron chi connectivity index (χ2n) is 8.66. The van der Waals surface area contributed by atoms with Crippen molar-refractivity contribution >= 4 is 0 Å². The lowest BCUT2D eigenvalue weighted by molar-refractivity contribution is 0.222. The number of unbranched alkanes of at least 4 members (excludes halogenated alkanes) is 13. The van der Waals surface area contributed by atoms with Crippen LogP contribution in [-0.4, -0.2) is 0 Å². The molecule has 0 radical (unpaired) electrons. The lowest BCUT2D eigenvalue weighted by Gasteiger charge is -2.30. The van der Waals surface area contributed by atoms with Crippen LogP contribution in [0.4, 0.5) is 0 Å². The minimum absolute atomic E-state index is 0.642. The van der Waals surface area contributed by atoms with Gasteiger partial charge in [-0.05, 0) is 24.7 Å². The van der Waals surface area contributed by atoms with Gasteiger partial charge in [0.25, 0.3) is 0 Å². The molecule has 146 valence electrons. The maximum Gasteiger partial charge on any atom is -0.0326 e. The highest BCUT2D eigenvalue weighted by Gasteiger charge is 2.22. The summed E-state index contributed by atoms with van der Waals surface area (Å²) < 4.78 is 0. The van der Waals surface area contributed by atoms with Crippen LogP contribution in [0.1, 0.15) is 150 Å². The minimum atomic E-state index is 0.642. The van der Waals surface area contributed by atoms with E-state index in [1.807, 2.05) is 0 Å². The van der Waals surface area contributed by atoms with Gasteiger partial charge in [-0.15, -0.1) is 0 Å². The van der Waals surface area contributed by atoms with Gasteiger partial charge in [0.1, 0.15) is 0 Å². The van der Waals surface area contributed by atoms with Gasteiger partial charge >= 0.3 is 0 Å². The first-order chi connectivity index (χ1) is 11.7. The van der Waals surface area contributed by atoms with Gasteiger partial charge in [0.2, 0.25) is 0 Å². The van der Waals surface area contributed by atoms with Crippen LogP contribution in [0, 0.1) is 5.41 Å². The standard InChI is InChI=1S/C24H50/c1-5-8-11-14-16-19-22-24(4,21-18-13-10-7-3)23-20-17-15-12-9-6-2/h5-23H2,1-4H3. The molecule has 0 aromatic carbocycles. The fraction of sp³-hybridized carbons (Fsp3) is 1.00. The molecule has 0 fully saturated rings. The Morgan fingerprint density at radius 3 is 0.958 bits per heavy atom. The van der Waals surface area contributed by atoms with Crippen molar-refractivity contribution < 1.29 is 0 Å². The highest BCUT2D eigenvalue weighted by molar-refractivity contribution is 4.75. The normalized spacial score (nSPS) is 12.0. The fourth-order valence-electron chi connectivity index (χ4n) is 4.02. The van der Waals surface area contributed by atoms with Gasteiger partial charge in [-0.3, -0.25) is 0 Å². The molecule has 0 aliphatic carbocycles. The number of rotatable bonds is 19. The first-order valence-corrected chi connectivity index (χ1v) is 11.7. The highest BCUT2D eigenvalue weighted by Crippen LogP contribution is 2.36. The van der Waals surface area contributed by atoms with Crippen molar-refractivity contribution in [2.45, 2.75) is 150 Å². The molecule has 0 nitrogen and oxygen atoms in total. The first kappa shape index (κ1) is 24.0. The van der Waals surface area contributed by atoms with Crippen LogP contribution in [0.3, 0.4) is 0 Å². The highest BCUT2D eigenvalue weighted by atomic mass is 14.3. The van der Waals surface area contributed by atoms with E-state index in [1.54, 1.807) is 0 Å². The molecule has 0 aromatic rings. The molecular weight excluding hydrogens is 288 g/mol. The molecule has 0 aromatic heterocycles. The Kier molecular flexibility index (Phi) is 17.8. The van der Waals surface area contributed by atoms with Crippen molar-refractivity contribution in [1.82, 2.24) is 0 Å². The molecule has 0 N–H and O–H groups in total. The number of hydrogen-bond donors (Lipinski definition) is 0. The average molecular weight is 339 g/mol. The largest absolute Gasteiger partial charge is 0.0654 e. The summed E-state index contributed by atoms with van der Waals surface area (Å²) >= 11 is 0. The van der Waals surface area contributed by atoms with Crippen LogP contribution in [0.25, 0.3) is 0 Å². The zero-order chi connectivity index (χ0) is 17.9. The average Bonchev–Trinajstić information content (AvgIpc) is 2.58. The SMILES string of the molecule is CCCCCCCCC(C)(CCCCCC)CCCCCCCC. The van der Waals surface area contributed by atoms with Crippen molar-refractivity contribution in [3.05, 3.63) is 0 Å². The summed E-state index contributed by atoms with van der Waals surface area (Å²) in [6, 6.07) is 0. The van der Waals surface area contributed by atoms with Crippen molar-refractivity contribution in [2.75, 3.05) is 0 Å². The zero-order valence-electron chi connectivity index (χ0n) is 17.9. The Labute approximate surface area is 155 Å². The van der Waals surface area contributed by atoms with E-state index in [-0.39, 0.29) is 0 Å². The smallest absolute Gasteiger partial charge is 0.0326 e. The van der Waals surface area contributed by atoms with Crippen LogP contribution >= 0.6 is 0 Å². The summed E-state index contributed by atoms with van der Waals surface area (Å²) in [5.41, 5.74) is 0.642. The molecule has 0 aliphatic rings. The van der Waals surface area contributed by atoms with E-state index in [9.17, 15) is 0 Å². The molecular formula is C24H50. The van der Waals surface area contributed by atoms with Crippen molar-refractivity contribution in [3.8, 4) is 0 Å². The van der Waals surface area contributed by atoms with E-state index in [0.717, 1.165) is 0 Å². The summed E-state index contributed by atoms with van der Waals surface area (Å²) in [7, 11) is 0. The Morgan fingerprint density at radius 2 is 0.625 bits per heavy atom. The van der Waals surface area contributed by atoms with Crippen LogP contribution < -0.4 is 0 Å². The Hall–Kier alpha value is 0. The van der Waals surface area contributed by atoms with Gasteiger partial charge < -0.3 is 0 Å². The lowest BCUT2D eigenvalue weighted by Crippen LogP contribution is -2.16. The summed E-state index contributed by atoms with van der Waals surface area (Å²) in [4.78, 5) is 0. The minimum Gasteiger partial charge on any atom is -0.0654 e. The molecule has 0 aliphatic heterocycles. The molecule has 0 heterocycles. The fourth-order valence-corrected chi connectivity index (χ4v) is 4.02. The zero-order valence-corrected chi connectivity index (χ0v) is 17.9. The van der Waals surface area contributed by atoms with Gasteiger partial charge in [-0.2, -0.15) is 0 Å². The summed E-state index contributed by atoms with van der Waals surface area (Å²) in [6.45, 7) is 9.56. The van der Waals surface area contributed by atoms with Crippen LogP contribution in [0.5, 0.6) is 0 Å². The summed E-state index contributed by atoms with van der Waals surface area (Å²) in [5.74, 6) is 0. The Morgan fingerprint density at radius 1 is 0.375 bits per heavy atom. The van der Waals surface area contributed by atoms with E-state index in [4.69, 9.17) is 0 Å². The van der Waals surface area contributed by atoms with E-state index in [0.29, 0.717) is 5.41 Å². The predicted molar refractivity (Wildman–Crippen MR) is 113 cm³/mol. The third-order valence-corrected chi connectivity index (χ3v) is 5.90. The van der Waals surface area contributed by atoms with Crippen molar-refractivity contribution in [3.63, 3.8) is 0 Å². The Balaban J connectivity index is 3.98. The Bertz CT molecular complexity index is 214. The van der Waals surface area contributed by atoms with E-state index in [1.165, 1.54) is 122 Å². The van der Waals surface area contributed by atoms with Gasteiger partial charge in [0.05, 0.1) is 0 Å². The molecule has 0 atom stereocenters. The second kappa shape index (κ2) is 17.8. The molecule has 0 rings (SSSR count). The van der Waals surface area contributed by atoms with E-state index < -0.39 is 0 Å². The second-order valence-corrected chi connectivity index (χ2v) is 8.66. The van der Waals surface area contributed by atoms with Crippen LogP contribution in [0.2, 0.25) is 0 Å². The van der Waals surface area contributed by atoms with Crippen LogP contribution in [-0.2, 0) is 0 Å². The maximum absolute atomic E-state index is 2.61. The van der Waals surface area contributed by atoms with E-state index in [2.05, 4.69) is 27.7 Å². The predicted octanol–water partition coefficient (Wildman–Crippen LogP) is 9.46. The van der Waals surface area contributed by atoms with Crippen LogP contribution in [0.15, 0.2) is 0 Å². The summed E-state index contributed by atoms with van der Waals surface area (Å²) in [6.07, 6.45) is 27.5. The topological polar surface area (TPSA) is 0 Å². The van der Waals surface area contributed by atoms with Gasteiger partial charge in [-0.1, -0.05) is 130 Å². The summed E-state index contributed by atoms with van der Waals surface area (Å²) in [5, 5.41) is 0. The quantitative estimate of drug-likeness (QED) is 0.206. The van der Waals surface area contributed by atoms with Crippen molar-refractivity contribution in [1.29, 1.82) is 0 Å². The van der Waals surface area contributed by atoms with Gasteiger partial charge in [0.15, 0.2) is 0 Å². The third-order valence-electron chi connectivity index (χ3n) is 5.90.